The van der Waals surface area contributed by atoms with Crippen LogP contribution in [0.3, 0.4) is 0 Å². The van der Waals surface area contributed by atoms with Crippen molar-refractivity contribution in [1.29, 1.82) is 0 Å². The van der Waals surface area contributed by atoms with E-state index in [9.17, 15) is 28.0 Å². The van der Waals surface area contributed by atoms with E-state index in [0.717, 1.165) is 29.4 Å². The molecule has 0 radical (unpaired) electrons. The predicted octanol–water partition coefficient (Wildman–Crippen LogP) is 5.74. The molecule has 1 aromatic carbocycles. The van der Waals surface area contributed by atoms with E-state index in [0.29, 0.717) is 62.6 Å². The third-order valence-electron chi connectivity index (χ3n) is 8.00. The number of hydrogen-bond acceptors (Lipinski definition) is 8. The summed E-state index contributed by atoms with van der Waals surface area (Å²) in [6, 6.07) is 7.14. The molecule has 0 bridgehead atoms. The number of carbonyl (C=O) groups excluding carboxylic acids is 4. The number of halogens is 4. The Bertz CT molecular complexity index is 1690. The predicted molar refractivity (Wildman–Crippen MR) is 182 cm³/mol. The molecule has 2 aliphatic rings. The first-order valence-corrected chi connectivity index (χ1v) is 17.4. The zero-order valence-electron chi connectivity index (χ0n) is 27.1. The summed E-state index contributed by atoms with van der Waals surface area (Å²) >= 11 is 13.5. The Hall–Kier alpha value is -4.01. The molecule has 2 aliphatic heterocycles. The van der Waals surface area contributed by atoms with E-state index < -0.39 is 23.4 Å². The van der Waals surface area contributed by atoms with Crippen LogP contribution in [0.15, 0.2) is 47.6 Å². The second-order valence-corrected chi connectivity index (χ2v) is 13.0. The van der Waals surface area contributed by atoms with Gasteiger partial charge in [-0.25, -0.2) is 18.7 Å². The maximum absolute atomic E-state index is 13.8. The molecular formula is C33H36Cl2F2N6O5S. The van der Waals surface area contributed by atoms with Crippen molar-refractivity contribution in [3.8, 4) is 11.6 Å². The minimum absolute atomic E-state index is 0.00181. The summed E-state index contributed by atoms with van der Waals surface area (Å²) < 4.78 is 32.6. The summed E-state index contributed by atoms with van der Waals surface area (Å²) in [6.07, 6.45) is 6.48. The van der Waals surface area contributed by atoms with Crippen molar-refractivity contribution in [3.05, 3.63) is 75.7 Å². The maximum Gasteiger partial charge on any atom is 0.257 e. The van der Waals surface area contributed by atoms with Crippen LogP contribution in [0.5, 0.6) is 11.6 Å². The normalized spacial score (nSPS) is 15.2. The standard InChI is InChI=1S/C20H21ClFN3O3S.C13H15ClFN3O2/c1-12(26)25-7-5-14(6-8-25)24-19(27)16-9-13(22)11-23-20(16)28-15-3-4-18(29-2)17(21)10-15;1-8(19)18-4-2-10(3-5-18)17-13(20)11-6-9(15)7-16-12(11)14/h3-4,9-11,14H,5-8H2,1-2H3,(H,24,27);6-7,10H,2-5H2,1H3,(H,17,20). The molecule has 2 aromatic heterocycles. The van der Waals surface area contributed by atoms with Gasteiger partial charge in [0.1, 0.15) is 28.1 Å². The molecule has 2 N–H and O–H groups in total. The quantitative estimate of drug-likeness (QED) is 0.232. The van der Waals surface area contributed by atoms with Crippen molar-refractivity contribution in [2.24, 2.45) is 0 Å². The summed E-state index contributed by atoms with van der Waals surface area (Å²) in [5.41, 5.74) is 0.0322. The lowest BCUT2D eigenvalue weighted by Crippen LogP contribution is -2.46. The van der Waals surface area contributed by atoms with Crippen LogP contribution in [0, 0.1) is 11.6 Å². The van der Waals surface area contributed by atoms with Crippen LogP contribution in [0.25, 0.3) is 0 Å². The number of aromatic nitrogens is 2. The SMILES string of the molecule is CC(=O)N1CCC(NC(=O)c2cc(F)cnc2Cl)CC1.CSc1ccc(Oc2ncc(F)cc2C(=O)NC2CCN(C(C)=O)CC2)cc1Cl. The van der Waals surface area contributed by atoms with Gasteiger partial charge in [-0.3, -0.25) is 19.2 Å². The molecule has 0 atom stereocenters. The van der Waals surface area contributed by atoms with Crippen LogP contribution in [-0.2, 0) is 9.59 Å². The van der Waals surface area contributed by atoms with Crippen LogP contribution >= 0.6 is 35.0 Å². The lowest BCUT2D eigenvalue weighted by atomic mass is 10.0. The minimum Gasteiger partial charge on any atom is -0.438 e. The van der Waals surface area contributed by atoms with Gasteiger partial charge >= 0.3 is 0 Å². The Kier molecular flexibility index (Phi) is 13.6. The molecule has 3 aromatic rings. The van der Waals surface area contributed by atoms with Crippen LogP contribution < -0.4 is 15.4 Å². The highest BCUT2D eigenvalue weighted by atomic mass is 35.5. The number of benzene rings is 1. The zero-order valence-corrected chi connectivity index (χ0v) is 29.4. The van der Waals surface area contributed by atoms with Gasteiger partial charge in [0, 0.05) is 63.1 Å². The molecular weight excluding hydrogens is 701 g/mol. The van der Waals surface area contributed by atoms with Gasteiger partial charge in [0.2, 0.25) is 17.7 Å². The molecule has 2 saturated heterocycles. The molecule has 4 heterocycles. The zero-order chi connectivity index (χ0) is 35.7. The smallest absolute Gasteiger partial charge is 0.257 e. The second-order valence-electron chi connectivity index (χ2n) is 11.4. The number of pyridine rings is 2. The Labute approximate surface area is 297 Å². The lowest BCUT2D eigenvalue weighted by molar-refractivity contribution is -0.130. The Balaban J connectivity index is 0.000000237. The van der Waals surface area contributed by atoms with Gasteiger partial charge in [-0.1, -0.05) is 23.2 Å². The molecule has 16 heteroatoms. The summed E-state index contributed by atoms with van der Waals surface area (Å²) in [4.78, 5) is 59.3. The van der Waals surface area contributed by atoms with E-state index in [1.54, 1.807) is 28.0 Å². The number of thioether (sulfide) groups is 1. The fourth-order valence-corrected chi connectivity index (χ4v) is 6.33. The maximum atomic E-state index is 13.8. The summed E-state index contributed by atoms with van der Waals surface area (Å²) in [6.45, 7) is 5.41. The van der Waals surface area contributed by atoms with Gasteiger partial charge in [-0.05, 0) is 56.2 Å². The van der Waals surface area contributed by atoms with Crippen LogP contribution in [0.2, 0.25) is 10.2 Å². The van der Waals surface area contributed by atoms with Crippen LogP contribution in [0.4, 0.5) is 8.78 Å². The van der Waals surface area contributed by atoms with E-state index in [2.05, 4.69) is 20.6 Å². The summed E-state index contributed by atoms with van der Waals surface area (Å²) in [5, 5.41) is 6.17. The van der Waals surface area contributed by atoms with Crippen LogP contribution in [0.1, 0.15) is 60.2 Å². The van der Waals surface area contributed by atoms with Gasteiger partial charge in [0.25, 0.3) is 11.8 Å². The third kappa shape index (κ3) is 10.7. The average molecular weight is 738 g/mol. The molecule has 0 aliphatic carbocycles. The van der Waals surface area contributed by atoms with Crippen molar-refractivity contribution < 1.29 is 32.7 Å². The summed E-state index contributed by atoms with van der Waals surface area (Å²) in [7, 11) is 0. The third-order valence-corrected chi connectivity index (χ3v) is 9.52. The minimum atomic E-state index is -0.635. The number of piperidine rings is 2. The van der Waals surface area contributed by atoms with E-state index >= 15 is 0 Å². The summed E-state index contributed by atoms with van der Waals surface area (Å²) in [5.74, 6) is -1.70. The highest BCUT2D eigenvalue weighted by Crippen LogP contribution is 2.32. The Morgan fingerprint density at radius 3 is 1.78 bits per heavy atom. The average Bonchev–Trinajstić information content (AvgIpc) is 3.07. The first-order valence-electron chi connectivity index (χ1n) is 15.4. The fourth-order valence-electron chi connectivity index (χ4n) is 5.28. The largest absolute Gasteiger partial charge is 0.438 e. The van der Waals surface area contributed by atoms with Crippen molar-refractivity contribution in [2.75, 3.05) is 32.4 Å². The van der Waals surface area contributed by atoms with Crippen molar-refractivity contribution >= 4 is 58.6 Å². The van der Waals surface area contributed by atoms with Gasteiger partial charge in [-0.15, -0.1) is 11.8 Å². The van der Waals surface area contributed by atoms with Gasteiger partial charge in [0.15, 0.2) is 0 Å². The van der Waals surface area contributed by atoms with E-state index in [4.69, 9.17) is 27.9 Å². The fraction of sp³-hybridized carbons (Fsp3) is 0.394. The molecule has 0 saturated carbocycles. The van der Waals surface area contributed by atoms with E-state index in [1.165, 1.54) is 25.6 Å². The molecule has 2 fully saturated rings. The molecule has 11 nitrogen and oxygen atoms in total. The molecule has 5 rings (SSSR count). The Morgan fingerprint density at radius 2 is 1.29 bits per heavy atom. The number of amides is 4. The highest BCUT2D eigenvalue weighted by Gasteiger charge is 2.25. The lowest BCUT2D eigenvalue weighted by Gasteiger charge is -2.31. The van der Waals surface area contributed by atoms with Gasteiger partial charge < -0.3 is 25.2 Å². The first-order chi connectivity index (χ1) is 23.3. The number of nitrogens with one attached hydrogen (secondary N) is 2. The van der Waals surface area contributed by atoms with Crippen LogP contribution in [-0.4, -0.2) is 87.9 Å². The number of rotatable bonds is 7. The number of carbonyl (C=O) groups is 4. The second kappa shape index (κ2) is 17.6. The van der Waals surface area contributed by atoms with E-state index in [1.807, 2.05) is 6.26 Å². The number of ether oxygens (including phenoxy) is 1. The highest BCUT2D eigenvalue weighted by molar-refractivity contribution is 7.98. The number of hydrogen-bond donors (Lipinski definition) is 2. The molecule has 0 unspecified atom stereocenters. The number of likely N-dealkylation sites (tertiary alicyclic amines) is 2. The molecule has 262 valence electrons. The molecule has 49 heavy (non-hydrogen) atoms. The monoisotopic (exact) mass is 736 g/mol. The number of nitrogens with zero attached hydrogens (tertiary/aromatic N) is 4. The molecule has 4 amide bonds. The van der Waals surface area contributed by atoms with Crippen molar-refractivity contribution in [3.63, 3.8) is 0 Å². The Morgan fingerprint density at radius 1 is 0.796 bits per heavy atom. The first kappa shape index (κ1) is 37.8. The topological polar surface area (TPSA) is 134 Å². The molecule has 0 spiro atoms. The van der Waals surface area contributed by atoms with Crippen molar-refractivity contribution in [1.82, 2.24) is 30.4 Å². The van der Waals surface area contributed by atoms with E-state index in [-0.39, 0.29) is 46.1 Å². The van der Waals surface area contributed by atoms with Crippen molar-refractivity contribution in [2.45, 2.75) is 56.5 Å². The van der Waals surface area contributed by atoms with Gasteiger partial charge in [-0.2, -0.15) is 0 Å². The van der Waals surface area contributed by atoms with Gasteiger partial charge in [0.05, 0.1) is 23.0 Å².